The molecule has 2 amide bonds. The van der Waals surface area contributed by atoms with Crippen molar-refractivity contribution in [2.75, 3.05) is 13.1 Å². The number of hydrogen-bond donors (Lipinski definition) is 1. The zero-order chi connectivity index (χ0) is 23.8. The van der Waals surface area contributed by atoms with Crippen molar-refractivity contribution in [3.63, 3.8) is 0 Å². The summed E-state index contributed by atoms with van der Waals surface area (Å²) in [7, 11) is 0. The van der Waals surface area contributed by atoms with Gasteiger partial charge in [0.15, 0.2) is 0 Å². The molecular formula is C27H27N5O3. The summed E-state index contributed by atoms with van der Waals surface area (Å²) >= 11 is 0. The maximum atomic E-state index is 12.8. The van der Waals surface area contributed by atoms with Gasteiger partial charge in [0, 0.05) is 55.8 Å². The molecule has 0 bridgehead atoms. The van der Waals surface area contributed by atoms with E-state index in [0.717, 1.165) is 42.6 Å². The Labute approximate surface area is 202 Å². The van der Waals surface area contributed by atoms with Gasteiger partial charge in [-0.3, -0.25) is 9.59 Å². The Morgan fingerprint density at radius 3 is 2.54 bits per heavy atom. The lowest BCUT2D eigenvalue weighted by molar-refractivity contribution is 0.0670. The highest BCUT2D eigenvalue weighted by molar-refractivity contribution is 5.94. The molecule has 1 aliphatic heterocycles. The minimum Gasteiger partial charge on any atom is -0.351 e. The predicted molar refractivity (Wildman–Crippen MR) is 129 cm³/mol. The van der Waals surface area contributed by atoms with Crippen LogP contribution in [0.2, 0.25) is 0 Å². The quantitative estimate of drug-likeness (QED) is 0.458. The first-order chi connectivity index (χ1) is 17.1. The molecule has 8 heteroatoms. The van der Waals surface area contributed by atoms with Crippen LogP contribution in [0.15, 0.2) is 65.6 Å². The third-order valence-electron chi connectivity index (χ3n) is 7.08. The van der Waals surface area contributed by atoms with Crippen molar-refractivity contribution in [2.45, 2.75) is 44.1 Å². The van der Waals surface area contributed by atoms with Gasteiger partial charge in [-0.15, -0.1) is 0 Å². The summed E-state index contributed by atoms with van der Waals surface area (Å²) in [6.07, 6.45) is 9.62. The number of pyridine rings is 1. The second-order valence-corrected chi connectivity index (χ2v) is 9.49. The Kier molecular flexibility index (Phi) is 5.56. The van der Waals surface area contributed by atoms with Crippen LogP contribution in [0.5, 0.6) is 0 Å². The zero-order valence-electron chi connectivity index (χ0n) is 19.4. The molecule has 1 saturated carbocycles. The third-order valence-corrected chi connectivity index (χ3v) is 7.08. The number of carbonyl (C=O) groups is 2. The normalized spacial score (nSPS) is 16.5. The molecule has 1 aromatic carbocycles. The van der Waals surface area contributed by atoms with Gasteiger partial charge in [0.2, 0.25) is 5.76 Å². The Bertz CT molecular complexity index is 1360. The molecule has 2 fully saturated rings. The van der Waals surface area contributed by atoms with Crippen molar-refractivity contribution in [2.24, 2.45) is 0 Å². The number of hydrogen-bond acceptors (Lipinski definition) is 5. The second kappa shape index (κ2) is 9.02. The molecule has 0 spiro atoms. The number of nitrogens with one attached hydrogen (secondary N) is 1. The summed E-state index contributed by atoms with van der Waals surface area (Å²) < 4.78 is 7.24. The molecule has 0 unspecified atom stereocenters. The van der Waals surface area contributed by atoms with Crippen LogP contribution in [-0.4, -0.2) is 44.3 Å². The fourth-order valence-corrected chi connectivity index (χ4v) is 4.79. The van der Waals surface area contributed by atoms with E-state index in [1.807, 2.05) is 64.2 Å². The van der Waals surface area contributed by atoms with E-state index in [1.165, 1.54) is 5.56 Å². The average molecular weight is 470 g/mol. The number of amides is 2. The molecule has 0 radical (unpaired) electrons. The fourth-order valence-electron chi connectivity index (χ4n) is 4.79. The number of aromatic nitrogens is 3. The van der Waals surface area contributed by atoms with Gasteiger partial charge in [-0.05, 0) is 67.0 Å². The Balaban J connectivity index is 1.02. The zero-order valence-corrected chi connectivity index (χ0v) is 19.4. The summed E-state index contributed by atoms with van der Waals surface area (Å²) in [6.45, 7) is 1.82. The van der Waals surface area contributed by atoms with Crippen LogP contribution in [0.1, 0.15) is 75.3 Å². The monoisotopic (exact) mass is 469 g/mol. The van der Waals surface area contributed by atoms with Crippen molar-refractivity contribution < 1.29 is 14.1 Å². The molecule has 6 rings (SSSR count). The van der Waals surface area contributed by atoms with Gasteiger partial charge in [-0.25, -0.2) is 4.98 Å². The Hall–Kier alpha value is -3.94. The molecular weight excluding hydrogens is 442 g/mol. The third kappa shape index (κ3) is 4.56. The molecule has 2 aliphatic rings. The summed E-state index contributed by atoms with van der Waals surface area (Å²) in [5.41, 5.74) is 4.61. The van der Waals surface area contributed by atoms with Gasteiger partial charge < -0.3 is 19.1 Å². The maximum Gasteiger partial charge on any atom is 0.292 e. The first-order valence-electron chi connectivity index (χ1n) is 12.2. The maximum absolute atomic E-state index is 12.8. The van der Waals surface area contributed by atoms with Gasteiger partial charge in [-0.1, -0.05) is 17.3 Å². The lowest BCUT2D eigenvalue weighted by Crippen LogP contribution is -2.37. The Morgan fingerprint density at radius 1 is 0.971 bits per heavy atom. The number of nitrogens with zero attached hydrogens (tertiary/aromatic N) is 4. The van der Waals surface area contributed by atoms with Gasteiger partial charge >= 0.3 is 0 Å². The summed E-state index contributed by atoms with van der Waals surface area (Å²) in [5, 5.41) is 7.04. The van der Waals surface area contributed by atoms with Crippen molar-refractivity contribution >= 4 is 17.5 Å². The lowest BCUT2D eigenvalue weighted by Gasteiger charge is -2.31. The number of imidazole rings is 1. The number of piperidine rings is 1. The van der Waals surface area contributed by atoms with E-state index in [0.29, 0.717) is 42.8 Å². The number of benzene rings is 1. The highest BCUT2D eigenvalue weighted by Gasteiger charge is 2.31. The minimum atomic E-state index is -0.0993. The van der Waals surface area contributed by atoms with Crippen LogP contribution in [0, 0.1) is 0 Å². The van der Waals surface area contributed by atoms with Crippen molar-refractivity contribution in [1.29, 1.82) is 0 Å². The molecule has 35 heavy (non-hydrogen) atoms. The molecule has 1 aliphatic carbocycles. The highest BCUT2D eigenvalue weighted by Crippen LogP contribution is 2.39. The summed E-state index contributed by atoms with van der Waals surface area (Å²) in [5.74, 6) is 1.03. The molecule has 4 heterocycles. The minimum absolute atomic E-state index is 0.0678. The second-order valence-electron chi connectivity index (χ2n) is 9.49. The molecule has 0 atom stereocenters. The van der Waals surface area contributed by atoms with Crippen molar-refractivity contribution in [3.8, 4) is 0 Å². The smallest absolute Gasteiger partial charge is 0.292 e. The van der Waals surface area contributed by atoms with Crippen LogP contribution in [-0.2, 0) is 6.54 Å². The predicted octanol–water partition coefficient (Wildman–Crippen LogP) is 4.15. The molecule has 178 valence electrons. The average Bonchev–Trinajstić information content (AvgIpc) is 3.44. The van der Waals surface area contributed by atoms with Crippen LogP contribution in [0.25, 0.3) is 5.65 Å². The summed E-state index contributed by atoms with van der Waals surface area (Å²) in [6, 6.07) is 13.6. The molecule has 3 aromatic heterocycles. The molecule has 4 aromatic rings. The van der Waals surface area contributed by atoms with Crippen molar-refractivity contribution in [3.05, 3.63) is 89.2 Å². The number of fused-ring (bicyclic) bond motifs is 1. The van der Waals surface area contributed by atoms with Gasteiger partial charge in [-0.2, -0.15) is 0 Å². The topological polar surface area (TPSA) is 92.7 Å². The van der Waals surface area contributed by atoms with E-state index in [-0.39, 0.29) is 11.8 Å². The number of rotatable bonds is 6. The van der Waals surface area contributed by atoms with Gasteiger partial charge in [0.05, 0.1) is 5.69 Å². The highest BCUT2D eigenvalue weighted by atomic mass is 16.5. The standard InChI is InChI=1S/C27H27N5O3/c33-26(29-17-18-7-11-31-14-10-28-25(31)15-18)22-5-1-19(2-6-22)20-8-12-32(13-9-20)27(34)24-16-23(30-35-24)21-3-4-21/h1-2,5-7,10-11,14-16,20-21H,3-4,8-9,12-13,17H2,(H,29,33). The van der Waals surface area contributed by atoms with Crippen LogP contribution < -0.4 is 5.32 Å². The largest absolute Gasteiger partial charge is 0.351 e. The van der Waals surface area contributed by atoms with Gasteiger partial charge in [0.1, 0.15) is 5.65 Å². The van der Waals surface area contributed by atoms with Crippen LogP contribution in [0.3, 0.4) is 0 Å². The van der Waals surface area contributed by atoms with E-state index in [1.54, 1.807) is 6.20 Å². The first kappa shape index (κ1) is 21.6. The van der Waals surface area contributed by atoms with Crippen LogP contribution in [0.4, 0.5) is 0 Å². The van der Waals surface area contributed by atoms with E-state index in [2.05, 4.69) is 15.5 Å². The Morgan fingerprint density at radius 2 is 1.77 bits per heavy atom. The van der Waals surface area contributed by atoms with Crippen LogP contribution >= 0.6 is 0 Å². The first-order valence-corrected chi connectivity index (χ1v) is 12.2. The molecule has 1 saturated heterocycles. The van der Waals surface area contributed by atoms with Crippen molar-refractivity contribution in [1.82, 2.24) is 24.8 Å². The fraction of sp³-hybridized carbons (Fsp3) is 0.333. The van der Waals surface area contributed by atoms with E-state index < -0.39 is 0 Å². The number of carbonyl (C=O) groups excluding carboxylic acids is 2. The number of likely N-dealkylation sites (tertiary alicyclic amines) is 1. The van der Waals surface area contributed by atoms with Gasteiger partial charge in [0.25, 0.3) is 11.8 Å². The van der Waals surface area contributed by atoms with E-state index in [4.69, 9.17) is 4.52 Å². The molecule has 8 nitrogen and oxygen atoms in total. The van der Waals surface area contributed by atoms with E-state index >= 15 is 0 Å². The van der Waals surface area contributed by atoms with E-state index in [9.17, 15) is 9.59 Å². The SMILES string of the molecule is O=C(NCc1ccn2ccnc2c1)c1ccc(C2CCN(C(=O)c3cc(C4CC4)no3)CC2)cc1. The summed E-state index contributed by atoms with van der Waals surface area (Å²) in [4.78, 5) is 31.5. The lowest BCUT2D eigenvalue weighted by atomic mass is 9.89. The molecule has 1 N–H and O–H groups in total.